The van der Waals surface area contributed by atoms with Crippen LogP contribution in [0.1, 0.15) is 21.9 Å². The van der Waals surface area contributed by atoms with Crippen molar-refractivity contribution in [2.75, 3.05) is 31.1 Å². The number of carbonyl (C=O) groups is 1. The smallest absolute Gasteiger partial charge is 0.352 e. The van der Waals surface area contributed by atoms with E-state index in [9.17, 15) is 18.0 Å². The number of rotatable bonds is 2. The molecule has 0 spiro atoms. The number of pyridine rings is 1. The molecule has 0 radical (unpaired) electrons. The Morgan fingerprint density at radius 1 is 1.17 bits per heavy atom. The molecule has 12 heteroatoms. The first-order valence-corrected chi connectivity index (χ1v) is 9.07. The fourth-order valence-corrected chi connectivity index (χ4v) is 3.36. The molecule has 0 aromatic carbocycles. The topological polar surface area (TPSA) is 79.5 Å². The van der Waals surface area contributed by atoms with Gasteiger partial charge in [-0.05, 0) is 19.1 Å². The van der Waals surface area contributed by atoms with E-state index < -0.39 is 11.7 Å². The van der Waals surface area contributed by atoms with Gasteiger partial charge in [-0.1, -0.05) is 11.6 Å². The second kappa shape index (κ2) is 7.14. The zero-order valence-electron chi connectivity index (χ0n) is 15.2. The molecule has 1 fully saturated rings. The Hall–Kier alpha value is -2.95. The summed E-state index contributed by atoms with van der Waals surface area (Å²) in [7, 11) is 0. The summed E-state index contributed by atoms with van der Waals surface area (Å²) in [5.41, 5.74) is -0.101. The van der Waals surface area contributed by atoms with E-state index in [1.807, 2.05) is 6.92 Å². The summed E-state index contributed by atoms with van der Waals surface area (Å²) in [6.45, 7) is 3.24. The molecule has 29 heavy (non-hydrogen) atoms. The molecule has 0 atom stereocenters. The van der Waals surface area contributed by atoms with Crippen molar-refractivity contribution in [2.24, 2.45) is 0 Å². The van der Waals surface area contributed by atoms with Crippen LogP contribution in [0.25, 0.3) is 5.78 Å². The van der Waals surface area contributed by atoms with Crippen LogP contribution in [0.15, 0.2) is 24.5 Å². The highest BCUT2D eigenvalue weighted by molar-refractivity contribution is 6.33. The Bertz CT molecular complexity index is 1080. The van der Waals surface area contributed by atoms with Gasteiger partial charge >= 0.3 is 6.18 Å². The standard InChI is InChI=1S/C17H15ClF3N7O/c1-10-2-3-22-16-24-13(25-28(10)16)15(29)27-6-4-26(5-7-27)14-12(18)8-11(9-23-14)17(19,20)21/h2-3,8-9H,4-7H2,1H3. The highest BCUT2D eigenvalue weighted by Crippen LogP contribution is 2.33. The maximum atomic E-state index is 12.8. The van der Waals surface area contributed by atoms with Gasteiger partial charge in [-0.2, -0.15) is 18.2 Å². The number of piperazine rings is 1. The van der Waals surface area contributed by atoms with Crippen LogP contribution in [0.3, 0.4) is 0 Å². The Kier molecular flexibility index (Phi) is 4.77. The molecule has 0 aliphatic carbocycles. The van der Waals surface area contributed by atoms with Gasteiger partial charge in [0.05, 0.1) is 10.6 Å². The summed E-state index contributed by atoms with van der Waals surface area (Å²) in [5, 5.41) is 4.13. The second-order valence-corrected chi connectivity index (χ2v) is 6.95. The molecular formula is C17H15ClF3N7O. The van der Waals surface area contributed by atoms with Crippen LogP contribution < -0.4 is 4.90 Å². The van der Waals surface area contributed by atoms with Gasteiger partial charge in [-0.15, -0.1) is 5.10 Å². The van der Waals surface area contributed by atoms with Gasteiger partial charge in [0.2, 0.25) is 5.82 Å². The van der Waals surface area contributed by atoms with Gasteiger partial charge < -0.3 is 9.80 Å². The van der Waals surface area contributed by atoms with Gasteiger partial charge in [-0.3, -0.25) is 4.79 Å². The first-order valence-electron chi connectivity index (χ1n) is 8.69. The van der Waals surface area contributed by atoms with E-state index in [-0.39, 0.29) is 22.6 Å². The summed E-state index contributed by atoms with van der Waals surface area (Å²) in [6.07, 6.45) is -2.16. The number of aryl methyl sites for hydroxylation is 1. The summed E-state index contributed by atoms with van der Waals surface area (Å²) in [5.74, 6) is 0.317. The molecule has 1 aliphatic rings. The zero-order valence-corrected chi connectivity index (χ0v) is 15.9. The van der Waals surface area contributed by atoms with Gasteiger partial charge in [0.25, 0.3) is 11.7 Å². The predicted molar refractivity (Wildman–Crippen MR) is 97.9 cm³/mol. The lowest BCUT2D eigenvalue weighted by atomic mass is 10.2. The highest BCUT2D eigenvalue weighted by atomic mass is 35.5. The van der Waals surface area contributed by atoms with E-state index >= 15 is 0 Å². The first kappa shape index (κ1) is 19.4. The SMILES string of the molecule is Cc1ccnc2nc(C(=O)N3CCN(c4ncc(C(F)(F)F)cc4Cl)CC3)nn12. The first-order chi connectivity index (χ1) is 13.7. The minimum Gasteiger partial charge on any atom is -0.352 e. The molecule has 4 rings (SSSR count). The molecule has 1 saturated heterocycles. The second-order valence-electron chi connectivity index (χ2n) is 6.54. The average molecular weight is 426 g/mol. The van der Waals surface area contributed by atoms with E-state index in [2.05, 4.69) is 20.1 Å². The molecule has 0 unspecified atom stereocenters. The van der Waals surface area contributed by atoms with Crippen molar-refractivity contribution in [3.8, 4) is 0 Å². The molecule has 0 bridgehead atoms. The van der Waals surface area contributed by atoms with Gasteiger partial charge in [0, 0.05) is 44.3 Å². The molecule has 3 aromatic heterocycles. The van der Waals surface area contributed by atoms with Crippen molar-refractivity contribution in [2.45, 2.75) is 13.1 Å². The zero-order chi connectivity index (χ0) is 20.8. The maximum Gasteiger partial charge on any atom is 0.417 e. The van der Waals surface area contributed by atoms with Crippen LogP contribution in [-0.4, -0.2) is 61.6 Å². The number of halogens is 4. The summed E-state index contributed by atoms with van der Waals surface area (Å²) >= 11 is 6.01. The Morgan fingerprint density at radius 2 is 1.90 bits per heavy atom. The molecule has 0 saturated carbocycles. The number of fused-ring (bicyclic) bond motifs is 1. The maximum absolute atomic E-state index is 12.8. The molecule has 152 valence electrons. The molecule has 0 N–H and O–H groups in total. The number of amides is 1. The minimum absolute atomic E-state index is 0.0472. The third-order valence-corrected chi connectivity index (χ3v) is 4.91. The van der Waals surface area contributed by atoms with E-state index in [4.69, 9.17) is 11.6 Å². The number of anilines is 1. The van der Waals surface area contributed by atoms with Crippen LogP contribution in [0.4, 0.5) is 19.0 Å². The van der Waals surface area contributed by atoms with Crippen molar-refractivity contribution in [1.82, 2.24) is 29.5 Å². The number of hydrogen-bond acceptors (Lipinski definition) is 6. The highest BCUT2D eigenvalue weighted by Gasteiger charge is 2.33. The van der Waals surface area contributed by atoms with E-state index in [1.165, 1.54) is 4.52 Å². The molecule has 8 nitrogen and oxygen atoms in total. The van der Waals surface area contributed by atoms with Crippen LogP contribution in [0.2, 0.25) is 5.02 Å². The number of carbonyl (C=O) groups excluding carboxylic acids is 1. The quantitative estimate of drug-likeness (QED) is 0.627. The van der Waals surface area contributed by atoms with Crippen LogP contribution in [-0.2, 0) is 6.18 Å². The normalized spacial score (nSPS) is 15.2. The summed E-state index contributed by atoms with van der Waals surface area (Å²) in [6, 6.07) is 2.62. The van der Waals surface area contributed by atoms with Crippen molar-refractivity contribution in [3.63, 3.8) is 0 Å². The largest absolute Gasteiger partial charge is 0.417 e. The Balaban J connectivity index is 1.46. The molecule has 1 aliphatic heterocycles. The third-order valence-electron chi connectivity index (χ3n) is 4.64. The van der Waals surface area contributed by atoms with Crippen LogP contribution >= 0.6 is 11.6 Å². The summed E-state index contributed by atoms with van der Waals surface area (Å²) in [4.78, 5) is 28.2. The van der Waals surface area contributed by atoms with Gasteiger partial charge in [0.15, 0.2) is 0 Å². The Morgan fingerprint density at radius 3 is 2.52 bits per heavy atom. The van der Waals surface area contributed by atoms with Crippen LogP contribution in [0, 0.1) is 6.92 Å². The summed E-state index contributed by atoms with van der Waals surface area (Å²) < 4.78 is 39.8. The monoisotopic (exact) mass is 425 g/mol. The van der Waals surface area contributed by atoms with Gasteiger partial charge in [0.1, 0.15) is 5.82 Å². The molecule has 4 heterocycles. The number of hydrogen-bond donors (Lipinski definition) is 0. The number of alkyl halides is 3. The molecule has 1 amide bonds. The van der Waals surface area contributed by atoms with Crippen molar-refractivity contribution in [3.05, 3.63) is 46.6 Å². The third kappa shape index (κ3) is 3.69. The van der Waals surface area contributed by atoms with E-state index in [0.29, 0.717) is 32.0 Å². The Labute approximate surface area is 167 Å². The lowest BCUT2D eigenvalue weighted by molar-refractivity contribution is -0.137. The van der Waals surface area contributed by atoms with Crippen molar-refractivity contribution < 1.29 is 18.0 Å². The van der Waals surface area contributed by atoms with E-state index in [0.717, 1.165) is 18.0 Å². The lowest BCUT2D eigenvalue weighted by Crippen LogP contribution is -2.49. The van der Waals surface area contributed by atoms with Crippen molar-refractivity contribution >= 4 is 29.1 Å². The fourth-order valence-electron chi connectivity index (χ4n) is 3.08. The van der Waals surface area contributed by atoms with E-state index in [1.54, 1.807) is 22.1 Å². The van der Waals surface area contributed by atoms with Crippen molar-refractivity contribution in [1.29, 1.82) is 0 Å². The minimum atomic E-state index is -4.51. The lowest BCUT2D eigenvalue weighted by Gasteiger charge is -2.35. The average Bonchev–Trinajstić information content (AvgIpc) is 3.12. The molecule has 3 aromatic rings. The molecular weight excluding hydrogens is 411 g/mol. The fraction of sp³-hybridized carbons (Fsp3) is 0.353. The number of nitrogens with zero attached hydrogens (tertiary/aromatic N) is 7. The van der Waals surface area contributed by atoms with Gasteiger partial charge in [-0.25, -0.2) is 14.5 Å². The number of aromatic nitrogens is 5. The van der Waals surface area contributed by atoms with Crippen LogP contribution in [0.5, 0.6) is 0 Å². The predicted octanol–water partition coefficient (Wildman–Crippen LogP) is 2.46.